The summed E-state index contributed by atoms with van der Waals surface area (Å²) in [5, 5.41) is 3.42. The minimum absolute atomic E-state index is 0.0688. The number of carbonyl (C=O) groups excluding carboxylic acids is 1. The molecule has 1 N–H and O–H groups in total. The van der Waals surface area contributed by atoms with Crippen LogP contribution in [-0.4, -0.2) is 54.0 Å². The molecule has 0 bridgehead atoms. The number of nitrogens with zero attached hydrogens (tertiary/aromatic N) is 2. The van der Waals surface area contributed by atoms with Gasteiger partial charge in [0, 0.05) is 12.6 Å². The Balaban J connectivity index is 2.59. The molecule has 1 atom stereocenters. The van der Waals surface area contributed by atoms with Crippen molar-refractivity contribution in [3.05, 3.63) is 0 Å². The van der Waals surface area contributed by atoms with Crippen LogP contribution in [0.1, 0.15) is 6.92 Å². The molecule has 1 amide bonds. The van der Waals surface area contributed by atoms with Gasteiger partial charge in [0.15, 0.2) is 5.11 Å². The van der Waals surface area contributed by atoms with Gasteiger partial charge in [0.25, 0.3) is 0 Å². The molecule has 1 heterocycles. The predicted octanol–water partition coefficient (Wildman–Crippen LogP) is -0.347. The van der Waals surface area contributed by atoms with Crippen LogP contribution in [0.2, 0.25) is 0 Å². The Morgan fingerprint density at radius 2 is 2.31 bits per heavy atom. The third-order valence-electron chi connectivity index (χ3n) is 1.95. The predicted molar refractivity (Wildman–Crippen MR) is 55.5 cm³/mol. The molecule has 1 aliphatic heterocycles. The zero-order valence-electron chi connectivity index (χ0n) is 8.20. The van der Waals surface area contributed by atoms with Crippen molar-refractivity contribution in [3.63, 3.8) is 0 Å². The lowest BCUT2D eigenvalue weighted by atomic mass is 10.3. The molecule has 0 aliphatic carbocycles. The maximum Gasteiger partial charge on any atom is 0.248 e. The van der Waals surface area contributed by atoms with Gasteiger partial charge in [-0.05, 0) is 33.2 Å². The maximum absolute atomic E-state index is 11.4. The van der Waals surface area contributed by atoms with Gasteiger partial charge in [0.1, 0.15) is 0 Å². The molecule has 1 unspecified atom stereocenters. The highest BCUT2D eigenvalue weighted by Crippen LogP contribution is 2.06. The van der Waals surface area contributed by atoms with E-state index in [1.165, 1.54) is 0 Å². The van der Waals surface area contributed by atoms with Crippen LogP contribution in [0.5, 0.6) is 0 Å². The molecular formula is C8H15N3OS. The fourth-order valence-corrected chi connectivity index (χ4v) is 1.84. The molecule has 0 aromatic heterocycles. The molecule has 74 valence electrons. The molecule has 0 radical (unpaired) electrons. The number of hydrogen-bond acceptors (Lipinski definition) is 3. The van der Waals surface area contributed by atoms with Gasteiger partial charge in [-0.15, -0.1) is 0 Å². The molecule has 0 aromatic rings. The SMILES string of the molecule is CC(CN(C)C)N1C(=O)CNC1=S. The maximum atomic E-state index is 11.4. The summed E-state index contributed by atoms with van der Waals surface area (Å²) in [6.07, 6.45) is 0. The Morgan fingerprint density at radius 3 is 2.69 bits per heavy atom. The number of amides is 1. The summed E-state index contributed by atoms with van der Waals surface area (Å²) >= 11 is 5.02. The summed E-state index contributed by atoms with van der Waals surface area (Å²) in [6, 6.07) is 0.144. The topological polar surface area (TPSA) is 35.6 Å². The molecule has 1 fully saturated rings. The average Bonchev–Trinajstić information content (AvgIpc) is 2.29. The van der Waals surface area contributed by atoms with Gasteiger partial charge in [-0.25, -0.2) is 0 Å². The number of likely N-dealkylation sites (N-methyl/N-ethyl adjacent to an activating group) is 1. The molecule has 1 saturated heterocycles. The number of hydrogen-bond donors (Lipinski definition) is 1. The van der Waals surface area contributed by atoms with Gasteiger partial charge < -0.3 is 10.2 Å². The third-order valence-corrected chi connectivity index (χ3v) is 2.29. The zero-order chi connectivity index (χ0) is 10.0. The molecular weight excluding hydrogens is 186 g/mol. The highest BCUT2D eigenvalue weighted by molar-refractivity contribution is 7.80. The second-order valence-corrected chi connectivity index (χ2v) is 3.92. The number of carbonyl (C=O) groups is 1. The van der Waals surface area contributed by atoms with Gasteiger partial charge >= 0.3 is 0 Å². The quantitative estimate of drug-likeness (QED) is 0.633. The summed E-state index contributed by atoms with van der Waals surface area (Å²) in [5.41, 5.74) is 0. The summed E-state index contributed by atoms with van der Waals surface area (Å²) in [4.78, 5) is 15.1. The summed E-state index contributed by atoms with van der Waals surface area (Å²) in [5.74, 6) is 0.0688. The zero-order valence-corrected chi connectivity index (χ0v) is 9.02. The third kappa shape index (κ3) is 2.38. The highest BCUT2D eigenvalue weighted by atomic mass is 32.1. The van der Waals surface area contributed by atoms with E-state index in [9.17, 15) is 4.79 Å². The molecule has 0 aromatic carbocycles. The molecule has 5 heteroatoms. The van der Waals surface area contributed by atoms with E-state index in [2.05, 4.69) is 5.32 Å². The van der Waals surface area contributed by atoms with E-state index in [1.54, 1.807) is 4.90 Å². The summed E-state index contributed by atoms with van der Waals surface area (Å²) in [6.45, 7) is 3.17. The van der Waals surface area contributed by atoms with Gasteiger partial charge in [-0.1, -0.05) is 0 Å². The van der Waals surface area contributed by atoms with Crippen LogP contribution in [0.15, 0.2) is 0 Å². The number of nitrogens with one attached hydrogen (secondary N) is 1. The van der Waals surface area contributed by atoms with Crippen molar-refractivity contribution in [3.8, 4) is 0 Å². The Kier molecular flexibility index (Phi) is 3.22. The standard InChI is InChI=1S/C8H15N3OS/c1-6(5-10(2)3)11-7(12)4-9-8(11)13/h6H,4-5H2,1-3H3,(H,9,13). The molecule has 1 rings (SSSR count). The van der Waals surface area contributed by atoms with Crippen LogP contribution in [0.25, 0.3) is 0 Å². The Bertz CT molecular complexity index is 213. The van der Waals surface area contributed by atoms with Crippen LogP contribution >= 0.6 is 12.2 Å². The van der Waals surface area contributed by atoms with E-state index < -0.39 is 0 Å². The minimum Gasteiger partial charge on any atom is -0.353 e. The Morgan fingerprint density at radius 1 is 1.69 bits per heavy atom. The second kappa shape index (κ2) is 4.02. The van der Waals surface area contributed by atoms with Gasteiger partial charge in [0.2, 0.25) is 5.91 Å². The van der Waals surface area contributed by atoms with Crippen molar-refractivity contribution < 1.29 is 4.79 Å². The largest absolute Gasteiger partial charge is 0.353 e. The normalized spacial score (nSPS) is 19.5. The van der Waals surface area contributed by atoms with Crippen LogP contribution in [0.3, 0.4) is 0 Å². The number of rotatable bonds is 3. The fraction of sp³-hybridized carbons (Fsp3) is 0.750. The second-order valence-electron chi connectivity index (χ2n) is 3.53. The number of thiocarbonyl (C=S) groups is 1. The lowest BCUT2D eigenvalue weighted by Gasteiger charge is -2.25. The van der Waals surface area contributed by atoms with E-state index in [-0.39, 0.29) is 11.9 Å². The first-order valence-corrected chi connectivity index (χ1v) is 4.68. The molecule has 0 saturated carbocycles. The van der Waals surface area contributed by atoms with Crippen molar-refractivity contribution >= 4 is 23.2 Å². The summed E-state index contributed by atoms with van der Waals surface area (Å²) < 4.78 is 0. The van der Waals surface area contributed by atoms with Crippen LogP contribution in [0, 0.1) is 0 Å². The van der Waals surface area contributed by atoms with Gasteiger partial charge in [0.05, 0.1) is 6.54 Å². The first kappa shape index (κ1) is 10.4. The van der Waals surface area contributed by atoms with Crippen molar-refractivity contribution in [1.29, 1.82) is 0 Å². The first-order valence-electron chi connectivity index (χ1n) is 4.27. The minimum atomic E-state index is 0.0688. The highest BCUT2D eigenvalue weighted by Gasteiger charge is 2.29. The van der Waals surface area contributed by atoms with E-state index in [1.807, 2.05) is 25.9 Å². The van der Waals surface area contributed by atoms with Crippen LogP contribution in [0.4, 0.5) is 0 Å². The van der Waals surface area contributed by atoms with E-state index in [0.29, 0.717) is 11.7 Å². The van der Waals surface area contributed by atoms with E-state index >= 15 is 0 Å². The van der Waals surface area contributed by atoms with Crippen LogP contribution < -0.4 is 5.32 Å². The molecule has 0 spiro atoms. The van der Waals surface area contributed by atoms with Crippen molar-refractivity contribution in [1.82, 2.24) is 15.1 Å². The lowest BCUT2D eigenvalue weighted by Crippen LogP contribution is -2.43. The lowest BCUT2D eigenvalue weighted by molar-refractivity contribution is -0.125. The smallest absolute Gasteiger partial charge is 0.248 e. The van der Waals surface area contributed by atoms with E-state index in [4.69, 9.17) is 12.2 Å². The van der Waals surface area contributed by atoms with Crippen LogP contribution in [-0.2, 0) is 4.79 Å². The van der Waals surface area contributed by atoms with Crippen molar-refractivity contribution in [2.75, 3.05) is 27.2 Å². The molecule has 4 nitrogen and oxygen atoms in total. The Labute approximate surface area is 83.9 Å². The Hall–Kier alpha value is -0.680. The summed E-state index contributed by atoms with van der Waals surface area (Å²) in [7, 11) is 3.96. The van der Waals surface area contributed by atoms with Crippen molar-refractivity contribution in [2.45, 2.75) is 13.0 Å². The first-order chi connectivity index (χ1) is 6.02. The van der Waals surface area contributed by atoms with E-state index in [0.717, 1.165) is 6.54 Å². The molecule has 13 heavy (non-hydrogen) atoms. The van der Waals surface area contributed by atoms with Crippen molar-refractivity contribution in [2.24, 2.45) is 0 Å². The average molecular weight is 201 g/mol. The van der Waals surface area contributed by atoms with Gasteiger partial charge in [-0.3, -0.25) is 9.69 Å². The van der Waals surface area contributed by atoms with Gasteiger partial charge in [-0.2, -0.15) is 0 Å². The monoisotopic (exact) mass is 201 g/mol. The molecule has 1 aliphatic rings. The fourth-order valence-electron chi connectivity index (χ4n) is 1.49.